The van der Waals surface area contributed by atoms with Gasteiger partial charge in [-0.05, 0) is 18.9 Å². The van der Waals surface area contributed by atoms with E-state index in [9.17, 15) is 9.59 Å². The number of carbonyl (C=O) groups excluding carboxylic acids is 1. The van der Waals surface area contributed by atoms with E-state index in [2.05, 4.69) is 0 Å². The summed E-state index contributed by atoms with van der Waals surface area (Å²) in [6.07, 6.45) is 4.02. The maximum absolute atomic E-state index is 12.0. The van der Waals surface area contributed by atoms with Gasteiger partial charge in [-0.1, -0.05) is 6.07 Å². The van der Waals surface area contributed by atoms with Crippen LogP contribution >= 0.6 is 0 Å². The van der Waals surface area contributed by atoms with Crippen molar-refractivity contribution >= 4 is 5.91 Å². The van der Waals surface area contributed by atoms with Gasteiger partial charge in [-0.2, -0.15) is 0 Å². The first-order chi connectivity index (χ1) is 8.66. The molecule has 1 aliphatic heterocycles. The van der Waals surface area contributed by atoms with Crippen LogP contribution in [0.1, 0.15) is 19.3 Å². The molecule has 1 atom stereocenters. The monoisotopic (exact) mass is 249 g/mol. The maximum atomic E-state index is 12.0. The molecule has 5 heteroatoms. The van der Waals surface area contributed by atoms with Crippen molar-refractivity contribution in [2.75, 3.05) is 13.1 Å². The summed E-state index contributed by atoms with van der Waals surface area (Å²) in [7, 11) is 0. The Labute approximate surface area is 106 Å². The number of aromatic nitrogens is 1. The average molecular weight is 249 g/mol. The zero-order valence-corrected chi connectivity index (χ0v) is 10.4. The molecule has 2 N–H and O–H groups in total. The normalized spacial score (nSPS) is 19.8. The molecule has 98 valence electrons. The number of rotatable bonds is 3. The minimum absolute atomic E-state index is 0.0688. The second-order valence-electron chi connectivity index (χ2n) is 4.72. The number of nitrogens with zero attached hydrogens (tertiary/aromatic N) is 2. The second kappa shape index (κ2) is 5.82. The van der Waals surface area contributed by atoms with Crippen LogP contribution in [-0.4, -0.2) is 34.5 Å². The van der Waals surface area contributed by atoms with Gasteiger partial charge in [0.15, 0.2) is 0 Å². The first kappa shape index (κ1) is 12.8. The maximum Gasteiger partial charge on any atom is 0.250 e. The van der Waals surface area contributed by atoms with Crippen LogP contribution < -0.4 is 11.3 Å². The molecule has 0 radical (unpaired) electrons. The van der Waals surface area contributed by atoms with E-state index in [-0.39, 0.29) is 17.5 Å². The number of aryl methyl sites for hydroxylation is 1. The molecule has 2 heterocycles. The van der Waals surface area contributed by atoms with Gasteiger partial charge >= 0.3 is 0 Å². The number of nitrogens with two attached hydrogens (primary N) is 1. The van der Waals surface area contributed by atoms with Crippen LogP contribution in [0.5, 0.6) is 0 Å². The average Bonchev–Trinajstić information content (AvgIpc) is 2.37. The predicted octanol–water partition coefficient (Wildman–Crippen LogP) is 0.188. The van der Waals surface area contributed by atoms with E-state index in [0.29, 0.717) is 19.5 Å². The van der Waals surface area contributed by atoms with Crippen LogP contribution in [0.3, 0.4) is 0 Å². The third kappa shape index (κ3) is 3.20. The molecule has 1 saturated heterocycles. The molecule has 0 aromatic carbocycles. The van der Waals surface area contributed by atoms with Crippen molar-refractivity contribution in [1.82, 2.24) is 9.47 Å². The van der Waals surface area contributed by atoms with Gasteiger partial charge in [0.1, 0.15) is 0 Å². The van der Waals surface area contributed by atoms with Crippen molar-refractivity contribution in [2.45, 2.75) is 31.8 Å². The third-order valence-electron chi connectivity index (χ3n) is 3.28. The summed E-state index contributed by atoms with van der Waals surface area (Å²) in [6, 6.07) is 5.09. The highest BCUT2D eigenvalue weighted by Crippen LogP contribution is 2.09. The second-order valence-corrected chi connectivity index (χ2v) is 4.72. The molecule has 0 spiro atoms. The summed E-state index contributed by atoms with van der Waals surface area (Å²) in [5.74, 6) is 0.0842. The summed E-state index contributed by atoms with van der Waals surface area (Å²) in [5.41, 5.74) is 5.78. The van der Waals surface area contributed by atoms with Crippen molar-refractivity contribution in [2.24, 2.45) is 5.73 Å². The molecule has 18 heavy (non-hydrogen) atoms. The van der Waals surface area contributed by atoms with Gasteiger partial charge in [0.05, 0.1) is 0 Å². The van der Waals surface area contributed by atoms with E-state index in [4.69, 9.17) is 5.73 Å². The van der Waals surface area contributed by atoms with E-state index >= 15 is 0 Å². The largest absolute Gasteiger partial charge is 0.341 e. The number of pyridine rings is 1. The van der Waals surface area contributed by atoms with Crippen LogP contribution in [0, 0.1) is 0 Å². The molecule has 0 bridgehead atoms. The lowest BCUT2D eigenvalue weighted by Crippen LogP contribution is -2.46. The van der Waals surface area contributed by atoms with Crippen molar-refractivity contribution in [3.8, 4) is 0 Å². The fourth-order valence-electron chi connectivity index (χ4n) is 2.26. The van der Waals surface area contributed by atoms with Gasteiger partial charge in [-0.15, -0.1) is 0 Å². The smallest absolute Gasteiger partial charge is 0.250 e. The van der Waals surface area contributed by atoms with E-state index < -0.39 is 0 Å². The summed E-state index contributed by atoms with van der Waals surface area (Å²) < 4.78 is 1.56. The lowest BCUT2D eigenvalue weighted by molar-refractivity contribution is -0.132. The Morgan fingerprint density at radius 1 is 1.44 bits per heavy atom. The van der Waals surface area contributed by atoms with E-state index in [1.807, 2.05) is 4.90 Å². The Bertz CT molecular complexity index is 469. The number of hydrogen-bond acceptors (Lipinski definition) is 3. The third-order valence-corrected chi connectivity index (χ3v) is 3.28. The molecule has 1 fully saturated rings. The van der Waals surface area contributed by atoms with Crippen molar-refractivity contribution in [3.63, 3.8) is 0 Å². The minimum atomic E-state index is -0.0688. The zero-order valence-electron chi connectivity index (χ0n) is 10.4. The Morgan fingerprint density at radius 3 is 3.00 bits per heavy atom. The van der Waals surface area contributed by atoms with Gasteiger partial charge in [-0.25, -0.2) is 0 Å². The number of piperidine rings is 1. The van der Waals surface area contributed by atoms with Gasteiger partial charge in [-0.3, -0.25) is 9.59 Å². The van der Waals surface area contributed by atoms with Crippen molar-refractivity contribution in [3.05, 3.63) is 34.7 Å². The molecular formula is C13H19N3O2. The van der Waals surface area contributed by atoms with Crippen LogP contribution in [0.15, 0.2) is 29.2 Å². The SMILES string of the molecule is N[C@H]1CCCN(C(=O)CCn2ccccc2=O)C1. The highest BCUT2D eigenvalue weighted by Gasteiger charge is 2.20. The van der Waals surface area contributed by atoms with Gasteiger partial charge in [0.25, 0.3) is 5.56 Å². The highest BCUT2D eigenvalue weighted by atomic mass is 16.2. The van der Waals surface area contributed by atoms with Gasteiger partial charge < -0.3 is 15.2 Å². The van der Waals surface area contributed by atoms with Crippen LogP contribution in [0.4, 0.5) is 0 Å². The van der Waals surface area contributed by atoms with Gasteiger partial charge in [0, 0.05) is 44.4 Å². The highest BCUT2D eigenvalue weighted by molar-refractivity contribution is 5.76. The summed E-state index contributed by atoms with van der Waals surface area (Å²) in [4.78, 5) is 25.3. The summed E-state index contributed by atoms with van der Waals surface area (Å²) in [5, 5.41) is 0. The van der Waals surface area contributed by atoms with Crippen LogP contribution in [0.2, 0.25) is 0 Å². The number of hydrogen-bond donors (Lipinski definition) is 1. The van der Waals surface area contributed by atoms with Gasteiger partial charge in [0.2, 0.25) is 5.91 Å². The summed E-state index contributed by atoms with van der Waals surface area (Å²) in [6.45, 7) is 1.86. The number of likely N-dealkylation sites (tertiary alicyclic amines) is 1. The molecule has 1 aliphatic rings. The topological polar surface area (TPSA) is 68.3 Å². The molecule has 5 nitrogen and oxygen atoms in total. The van der Waals surface area contributed by atoms with E-state index in [1.165, 1.54) is 6.07 Å². The number of amides is 1. The molecule has 0 aliphatic carbocycles. The fourth-order valence-corrected chi connectivity index (χ4v) is 2.26. The quantitative estimate of drug-likeness (QED) is 0.831. The molecule has 0 saturated carbocycles. The van der Waals surface area contributed by atoms with E-state index in [0.717, 1.165) is 19.4 Å². The fraction of sp³-hybridized carbons (Fsp3) is 0.538. The Morgan fingerprint density at radius 2 is 2.28 bits per heavy atom. The van der Waals surface area contributed by atoms with E-state index in [1.54, 1.807) is 22.9 Å². The Hall–Kier alpha value is -1.62. The molecular weight excluding hydrogens is 230 g/mol. The standard InChI is InChI=1S/C13H19N3O2/c14-11-4-3-8-16(10-11)13(18)6-9-15-7-2-1-5-12(15)17/h1-2,5,7,11H,3-4,6,8-10,14H2/t11-/m0/s1. The summed E-state index contributed by atoms with van der Waals surface area (Å²) >= 11 is 0. The molecule has 1 aromatic heterocycles. The molecule has 2 rings (SSSR count). The Kier molecular flexibility index (Phi) is 4.15. The molecule has 1 aromatic rings. The molecule has 1 amide bonds. The lowest BCUT2D eigenvalue weighted by atomic mass is 10.1. The molecule has 0 unspecified atom stereocenters. The van der Waals surface area contributed by atoms with Crippen LogP contribution in [0.25, 0.3) is 0 Å². The lowest BCUT2D eigenvalue weighted by Gasteiger charge is -2.30. The predicted molar refractivity (Wildman–Crippen MR) is 69.1 cm³/mol. The van der Waals surface area contributed by atoms with Crippen molar-refractivity contribution < 1.29 is 4.79 Å². The Balaban J connectivity index is 1.88. The number of carbonyl (C=O) groups is 1. The van der Waals surface area contributed by atoms with Crippen LogP contribution in [-0.2, 0) is 11.3 Å². The first-order valence-electron chi connectivity index (χ1n) is 6.35. The minimum Gasteiger partial charge on any atom is -0.341 e. The van der Waals surface area contributed by atoms with Crippen molar-refractivity contribution in [1.29, 1.82) is 0 Å². The zero-order chi connectivity index (χ0) is 13.0. The first-order valence-corrected chi connectivity index (χ1v) is 6.35.